The normalized spacial score (nSPS) is 11.3. The Kier molecular flexibility index (Phi) is 7.93. The lowest BCUT2D eigenvalue weighted by Gasteiger charge is -2.18. The van der Waals surface area contributed by atoms with E-state index in [-0.39, 0.29) is 31.3 Å². The van der Waals surface area contributed by atoms with Gasteiger partial charge in [0.2, 0.25) is 10.0 Å². The highest BCUT2D eigenvalue weighted by Gasteiger charge is 2.19. The number of carbonyl (C=O) groups is 1. The minimum Gasteiger partial charge on any atom is -0.335 e. The van der Waals surface area contributed by atoms with Gasteiger partial charge in [-0.15, -0.1) is 16.5 Å². The number of nitroso groups, excluding NO2 is 1. The van der Waals surface area contributed by atoms with Gasteiger partial charge in [0.25, 0.3) is 0 Å². The molecule has 0 aliphatic rings. The van der Waals surface area contributed by atoms with Gasteiger partial charge in [0.1, 0.15) is 0 Å². The van der Waals surface area contributed by atoms with Crippen molar-refractivity contribution >= 4 is 27.7 Å². The second-order valence-electron chi connectivity index (χ2n) is 4.68. The molecule has 128 valence electrons. The molecule has 0 radical (unpaired) electrons. The molecule has 0 spiro atoms. The molecular formula is C13H19ClN4O4S. The Morgan fingerprint density at radius 2 is 1.96 bits per heavy atom. The Morgan fingerprint density at radius 3 is 2.52 bits per heavy atom. The molecule has 0 heterocycles. The molecule has 0 atom stereocenters. The quantitative estimate of drug-likeness (QED) is 0.407. The Morgan fingerprint density at radius 1 is 1.30 bits per heavy atom. The van der Waals surface area contributed by atoms with Crippen LogP contribution in [0.15, 0.2) is 35.6 Å². The molecular weight excluding hydrogens is 344 g/mol. The van der Waals surface area contributed by atoms with E-state index in [2.05, 4.69) is 10.6 Å². The number of hydrogen-bond donors (Lipinski definition) is 1. The van der Waals surface area contributed by atoms with Crippen LogP contribution in [0.2, 0.25) is 0 Å². The summed E-state index contributed by atoms with van der Waals surface area (Å²) in [4.78, 5) is 22.0. The van der Waals surface area contributed by atoms with Crippen molar-refractivity contribution in [2.24, 2.45) is 5.29 Å². The topological polar surface area (TPSA) is 99.2 Å². The lowest BCUT2D eigenvalue weighted by Crippen LogP contribution is -2.41. The van der Waals surface area contributed by atoms with Crippen molar-refractivity contribution in [2.45, 2.75) is 6.54 Å². The highest BCUT2D eigenvalue weighted by molar-refractivity contribution is 7.89. The number of halogens is 1. The summed E-state index contributed by atoms with van der Waals surface area (Å²) in [7, 11) is -2.06. The standard InChI is InChI=1S/C13H19ClN4O4S/c1-17(11-12-5-3-2-4-6-12)23(21,22)10-8-15-13(19)18(16-20)9-7-14/h2-6H,7-11H2,1H3,(H,15,19). The monoisotopic (exact) mass is 362 g/mol. The number of amides is 2. The van der Waals surface area contributed by atoms with Gasteiger partial charge in [-0.3, -0.25) is 0 Å². The van der Waals surface area contributed by atoms with Crippen molar-refractivity contribution in [1.82, 2.24) is 14.6 Å². The van der Waals surface area contributed by atoms with E-state index in [0.717, 1.165) is 5.56 Å². The van der Waals surface area contributed by atoms with Gasteiger partial charge >= 0.3 is 6.03 Å². The highest BCUT2D eigenvalue weighted by atomic mass is 35.5. The van der Waals surface area contributed by atoms with E-state index >= 15 is 0 Å². The molecule has 1 rings (SSSR count). The Hall–Kier alpha value is -1.71. The summed E-state index contributed by atoms with van der Waals surface area (Å²) in [6.45, 7) is 0.0670. The molecule has 0 bridgehead atoms. The van der Waals surface area contributed by atoms with Gasteiger partial charge < -0.3 is 5.32 Å². The van der Waals surface area contributed by atoms with Crippen molar-refractivity contribution < 1.29 is 13.2 Å². The Labute approximate surface area is 140 Å². The van der Waals surface area contributed by atoms with Crippen molar-refractivity contribution in [2.75, 3.05) is 31.8 Å². The summed E-state index contributed by atoms with van der Waals surface area (Å²) in [5.41, 5.74) is 0.862. The van der Waals surface area contributed by atoms with Gasteiger partial charge in [-0.1, -0.05) is 30.3 Å². The third kappa shape index (κ3) is 6.51. The van der Waals surface area contributed by atoms with Crippen molar-refractivity contribution in [3.63, 3.8) is 0 Å². The van der Waals surface area contributed by atoms with Gasteiger partial charge in [-0.2, -0.15) is 5.01 Å². The lowest BCUT2D eigenvalue weighted by atomic mass is 10.2. The fourth-order valence-electron chi connectivity index (χ4n) is 1.73. The number of sulfonamides is 1. The molecule has 0 aliphatic heterocycles. The molecule has 0 fully saturated rings. The molecule has 10 heteroatoms. The fourth-order valence-corrected chi connectivity index (χ4v) is 2.91. The van der Waals surface area contributed by atoms with E-state index in [1.807, 2.05) is 30.3 Å². The van der Waals surface area contributed by atoms with Crippen LogP contribution in [0.1, 0.15) is 5.56 Å². The Bertz CT molecular complexity index is 612. The predicted molar refractivity (Wildman–Crippen MR) is 88.3 cm³/mol. The van der Waals surface area contributed by atoms with E-state index in [1.54, 1.807) is 0 Å². The molecule has 8 nitrogen and oxygen atoms in total. The smallest absolute Gasteiger partial charge is 0.335 e. The first-order valence-electron chi connectivity index (χ1n) is 6.83. The van der Waals surface area contributed by atoms with Gasteiger partial charge in [-0.05, 0) is 5.56 Å². The molecule has 0 unspecified atom stereocenters. The highest BCUT2D eigenvalue weighted by Crippen LogP contribution is 2.07. The van der Waals surface area contributed by atoms with Gasteiger partial charge in [-0.25, -0.2) is 17.5 Å². The molecule has 0 saturated carbocycles. The number of benzene rings is 1. The number of rotatable bonds is 9. The molecule has 1 aromatic carbocycles. The molecule has 0 aliphatic carbocycles. The second kappa shape index (κ2) is 9.43. The zero-order valence-electron chi connectivity index (χ0n) is 12.7. The minimum atomic E-state index is -3.53. The van der Waals surface area contributed by atoms with E-state index in [0.29, 0.717) is 5.01 Å². The molecule has 0 saturated heterocycles. The SMILES string of the molecule is CN(Cc1ccccc1)S(=O)(=O)CCNC(=O)N(CCCl)N=O. The summed E-state index contributed by atoms with van der Waals surface area (Å²) in [6.07, 6.45) is 0. The third-order valence-corrected chi connectivity index (χ3v) is 4.96. The largest absolute Gasteiger partial charge is 0.340 e. The first-order chi connectivity index (χ1) is 10.9. The molecule has 23 heavy (non-hydrogen) atoms. The van der Waals surface area contributed by atoms with Crippen molar-refractivity contribution in [1.29, 1.82) is 0 Å². The van der Waals surface area contributed by atoms with Crippen LogP contribution in [0.3, 0.4) is 0 Å². The summed E-state index contributed by atoms with van der Waals surface area (Å²) in [6, 6.07) is 8.38. The summed E-state index contributed by atoms with van der Waals surface area (Å²) < 4.78 is 25.5. The first-order valence-corrected chi connectivity index (χ1v) is 8.97. The second-order valence-corrected chi connectivity index (χ2v) is 7.26. The fraction of sp³-hybridized carbons (Fsp3) is 0.462. The van der Waals surface area contributed by atoms with Crippen LogP contribution in [-0.4, -0.2) is 55.5 Å². The van der Waals surface area contributed by atoms with Gasteiger partial charge in [0, 0.05) is 26.0 Å². The van der Waals surface area contributed by atoms with Crippen LogP contribution in [0, 0.1) is 4.91 Å². The van der Waals surface area contributed by atoms with E-state index in [4.69, 9.17) is 11.6 Å². The predicted octanol–water partition coefficient (Wildman–Crippen LogP) is 1.38. The molecule has 1 aromatic rings. The van der Waals surface area contributed by atoms with E-state index < -0.39 is 16.1 Å². The molecule has 1 N–H and O–H groups in total. The van der Waals surface area contributed by atoms with Crippen molar-refractivity contribution in [3.05, 3.63) is 40.8 Å². The molecule has 0 aromatic heterocycles. The number of hydrogen-bond acceptors (Lipinski definition) is 5. The zero-order valence-corrected chi connectivity index (χ0v) is 14.3. The minimum absolute atomic E-state index is 0.0441. The summed E-state index contributed by atoms with van der Waals surface area (Å²) in [5, 5.41) is 5.44. The number of carbonyl (C=O) groups excluding carboxylic acids is 1. The average molecular weight is 363 g/mol. The van der Waals surface area contributed by atoms with Gasteiger partial charge in [0.05, 0.1) is 17.6 Å². The number of urea groups is 1. The number of nitrogens with one attached hydrogen (secondary N) is 1. The van der Waals surface area contributed by atoms with Crippen LogP contribution in [-0.2, 0) is 16.6 Å². The van der Waals surface area contributed by atoms with Gasteiger partial charge in [0.15, 0.2) is 0 Å². The lowest BCUT2D eigenvalue weighted by molar-refractivity contribution is 0.203. The zero-order chi connectivity index (χ0) is 17.3. The number of alkyl halides is 1. The van der Waals surface area contributed by atoms with E-state index in [9.17, 15) is 18.1 Å². The van der Waals surface area contributed by atoms with Crippen LogP contribution in [0.5, 0.6) is 0 Å². The maximum atomic E-state index is 12.1. The van der Waals surface area contributed by atoms with Crippen LogP contribution < -0.4 is 5.32 Å². The average Bonchev–Trinajstić information content (AvgIpc) is 2.53. The third-order valence-electron chi connectivity index (χ3n) is 2.99. The summed E-state index contributed by atoms with van der Waals surface area (Å²) in [5.74, 6) is -0.229. The molecule has 2 amide bonds. The maximum Gasteiger partial charge on any atom is 0.340 e. The Balaban J connectivity index is 2.49. The van der Waals surface area contributed by atoms with Crippen LogP contribution >= 0.6 is 11.6 Å². The van der Waals surface area contributed by atoms with Crippen molar-refractivity contribution in [3.8, 4) is 0 Å². The van der Waals surface area contributed by atoms with Crippen LogP contribution in [0.25, 0.3) is 0 Å². The van der Waals surface area contributed by atoms with E-state index in [1.165, 1.54) is 11.4 Å². The first kappa shape index (κ1) is 19.3. The summed E-state index contributed by atoms with van der Waals surface area (Å²) >= 11 is 5.42. The number of nitrogens with zero attached hydrogens (tertiary/aromatic N) is 3. The van der Waals surface area contributed by atoms with Crippen LogP contribution in [0.4, 0.5) is 4.79 Å². The maximum absolute atomic E-state index is 12.1.